The highest BCUT2D eigenvalue weighted by Gasteiger charge is 2.39. The summed E-state index contributed by atoms with van der Waals surface area (Å²) in [4.78, 5) is 32.9. The van der Waals surface area contributed by atoms with Gasteiger partial charge in [0.1, 0.15) is 18.8 Å². The highest BCUT2D eigenvalue weighted by molar-refractivity contribution is 5.67. The molecule has 108 valence electrons. The van der Waals surface area contributed by atoms with Crippen molar-refractivity contribution in [2.75, 3.05) is 13.2 Å². The minimum Gasteiger partial charge on any atom is -0.463 e. The highest BCUT2D eigenvalue weighted by atomic mass is 16.6. The van der Waals surface area contributed by atoms with Crippen LogP contribution in [0.3, 0.4) is 0 Å². The number of carbonyl (C=O) groups excluding carboxylic acids is 3. The van der Waals surface area contributed by atoms with Gasteiger partial charge in [0.2, 0.25) is 0 Å². The van der Waals surface area contributed by atoms with Crippen molar-refractivity contribution < 1.29 is 33.3 Å². The maximum Gasteiger partial charge on any atom is 0.303 e. The first-order valence-corrected chi connectivity index (χ1v) is 5.99. The van der Waals surface area contributed by atoms with Crippen molar-refractivity contribution in [2.45, 2.75) is 45.5 Å². The number of rotatable bonds is 4. The van der Waals surface area contributed by atoms with Gasteiger partial charge in [0, 0.05) is 27.2 Å². The molecule has 0 saturated carbocycles. The summed E-state index contributed by atoms with van der Waals surface area (Å²) in [6.45, 7) is 4.09. The molecule has 7 heteroatoms. The van der Waals surface area contributed by atoms with Crippen LogP contribution in [0.15, 0.2) is 0 Å². The van der Waals surface area contributed by atoms with E-state index in [1.54, 1.807) is 0 Å². The number of hydrogen-bond acceptors (Lipinski definition) is 7. The second-order valence-corrected chi connectivity index (χ2v) is 4.22. The summed E-state index contributed by atoms with van der Waals surface area (Å²) >= 11 is 0. The van der Waals surface area contributed by atoms with Gasteiger partial charge < -0.3 is 18.9 Å². The molecule has 0 spiro atoms. The summed E-state index contributed by atoms with van der Waals surface area (Å²) in [7, 11) is 0. The van der Waals surface area contributed by atoms with Crippen molar-refractivity contribution in [1.82, 2.24) is 0 Å². The molecule has 1 heterocycles. The molecular formula is C12H18O7. The monoisotopic (exact) mass is 274 g/mol. The average Bonchev–Trinajstić information content (AvgIpc) is 2.28. The number of esters is 3. The van der Waals surface area contributed by atoms with E-state index in [9.17, 15) is 14.4 Å². The molecule has 0 aromatic carbocycles. The van der Waals surface area contributed by atoms with E-state index in [4.69, 9.17) is 18.9 Å². The van der Waals surface area contributed by atoms with E-state index in [1.807, 2.05) is 0 Å². The Morgan fingerprint density at radius 2 is 1.68 bits per heavy atom. The van der Waals surface area contributed by atoms with E-state index in [1.165, 1.54) is 20.8 Å². The molecule has 0 amide bonds. The largest absolute Gasteiger partial charge is 0.463 e. The maximum atomic E-state index is 11.1. The van der Waals surface area contributed by atoms with E-state index in [-0.39, 0.29) is 6.61 Å². The van der Waals surface area contributed by atoms with Crippen molar-refractivity contribution in [2.24, 2.45) is 0 Å². The van der Waals surface area contributed by atoms with Gasteiger partial charge in [0.05, 0.1) is 6.61 Å². The molecule has 1 rings (SSSR count). The van der Waals surface area contributed by atoms with Gasteiger partial charge in [-0.15, -0.1) is 0 Å². The first kappa shape index (κ1) is 15.4. The topological polar surface area (TPSA) is 88.1 Å². The highest BCUT2D eigenvalue weighted by Crippen LogP contribution is 2.22. The lowest BCUT2D eigenvalue weighted by atomic mass is 10.0. The normalized spacial score (nSPS) is 26.4. The van der Waals surface area contributed by atoms with Crippen molar-refractivity contribution in [3.05, 3.63) is 0 Å². The van der Waals surface area contributed by atoms with Crippen LogP contribution < -0.4 is 0 Å². The Labute approximate surface area is 111 Å². The van der Waals surface area contributed by atoms with E-state index >= 15 is 0 Å². The molecule has 1 fully saturated rings. The summed E-state index contributed by atoms with van der Waals surface area (Å²) in [5.41, 5.74) is 0. The lowest BCUT2D eigenvalue weighted by Gasteiger charge is -2.36. The molecule has 0 radical (unpaired) electrons. The van der Waals surface area contributed by atoms with Crippen molar-refractivity contribution >= 4 is 17.9 Å². The second kappa shape index (κ2) is 7.08. The van der Waals surface area contributed by atoms with Crippen LogP contribution in [0.4, 0.5) is 0 Å². The first-order chi connectivity index (χ1) is 8.90. The van der Waals surface area contributed by atoms with E-state index in [2.05, 4.69) is 0 Å². The summed E-state index contributed by atoms with van der Waals surface area (Å²) in [6, 6.07) is 0. The predicted octanol–water partition coefficient (Wildman–Crippen LogP) is 0.202. The Hall–Kier alpha value is -1.63. The Morgan fingerprint density at radius 3 is 2.21 bits per heavy atom. The third-order valence-corrected chi connectivity index (χ3v) is 2.54. The zero-order valence-corrected chi connectivity index (χ0v) is 11.2. The summed E-state index contributed by atoms with van der Waals surface area (Å²) in [6.07, 6.45) is -1.57. The quantitative estimate of drug-likeness (QED) is 0.534. The van der Waals surface area contributed by atoms with Gasteiger partial charge in [-0.05, 0) is 0 Å². The molecule has 19 heavy (non-hydrogen) atoms. The standard InChI is InChI=1S/C12H18O7/c1-7(13)17-6-11-12(19-9(3)15)10(4-5-16-11)18-8(2)14/h10-12H,4-6H2,1-3H3/t10?,11-,12?/m0/s1. The van der Waals surface area contributed by atoms with Crippen molar-refractivity contribution in [1.29, 1.82) is 0 Å². The Morgan fingerprint density at radius 1 is 1.05 bits per heavy atom. The summed E-state index contributed by atoms with van der Waals surface area (Å²) < 4.78 is 20.5. The van der Waals surface area contributed by atoms with Crippen LogP contribution in [0.5, 0.6) is 0 Å². The fourth-order valence-electron chi connectivity index (χ4n) is 1.86. The van der Waals surface area contributed by atoms with Gasteiger partial charge >= 0.3 is 17.9 Å². The van der Waals surface area contributed by atoms with E-state index in [0.29, 0.717) is 13.0 Å². The Balaban J connectivity index is 2.72. The molecular weight excluding hydrogens is 256 g/mol. The average molecular weight is 274 g/mol. The lowest BCUT2D eigenvalue weighted by molar-refractivity contribution is -0.200. The molecule has 1 aliphatic rings. The van der Waals surface area contributed by atoms with Crippen LogP contribution in [0.25, 0.3) is 0 Å². The van der Waals surface area contributed by atoms with Crippen LogP contribution in [0.1, 0.15) is 27.2 Å². The van der Waals surface area contributed by atoms with Gasteiger partial charge in [-0.2, -0.15) is 0 Å². The fraction of sp³-hybridized carbons (Fsp3) is 0.750. The van der Waals surface area contributed by atoms with Gasteiger partial charge in [0.15, 0.2) is 6.10 Å². The third kappa shape index (κ3) is 5.25. The zero-order valence-electron chi connectivity index (χ0n) is 11.2. The Kier molecular flexibility index (Phi) is 5.75. The third-order valence-electron chi connectivity index (χ3n) is 2.54. The molecule has 0 aromatic heterocycles. The summed E-state index contributed by atoms with van der Waals surface area (Å²) in [5.74, 6) is -1.43. The molecule has 0 bridgehead atoms. The number of hydrogen-bond donors (Lipinski definition) is 0. The van der Waals surface area contributed by atoms with Crippen LogP contribution >= 0.6 is 0 Å². The van der Waals surface area contributed by atoms with Gasteiger partial charge in [0.25, 0.3) is 0 Å². The van der Waals surface area contributed by atoms with E-state index < -0.39 is 36.2 Å². The van der Waals surface area contributed by atoms with Gasteiger partial charge in [-0.25, -0.2) is 0 Å². The molecule has 0 aromatic rings. The SMILES string of the molecule is CC(=O)OC[C@@H]1OCCC(OC(C)=O)C1OC(C)=O. The number of ether oxygens (including phenoxy) is 4. The van der Waals surface area contributed by atoms with Crippen molar-refractivity contribution in [3.8, 4) is 0 Å². The lowest BCUT2D eigenvalue weighted by Crippen LogP contribution is -2.50. The predicted molar refractivity (Wildman–Crippen MR) is 62.1 cm³/mol. The molecule has 1 saturated heterocycles. The van der Waals surface area contributed by atoms with Crippen LogP contribution in [0, 0.1) is 0 Å². The molecule has 3 atom stereocenters. The first-order valence-electron chi connectivity index (χ1n) is 5.99. The van der Waals surface area contributed by atoms with Crippen LogP contribution in [-0.4, -0.2) is 49.4 Å². The Bertz CT molecular complexity index is 352. The minimum atomic E-state index is -0.769. The smallest absolute Gasteiger partial charge is 0.303 e. The molecule has 0 N–H and O–H groups in total. The molecule has 1 aliphatic heterocycles. The zero-order chi connectivity index (χ0) is 14.4. The van der Waals surface area contributed by atoms with Crippen LogP contribution in [-0.2, 0) is 33.3 Å². The second-order valence-electron chi connectivity index (χ2n) is 4.22. The maximum absolute atomic E-state index is 11.1. The van der Waals surface area contributed by atoms with Gasteiger partial charge in [-0.1, -0.05) is 0 Å². The van der Waals surface area contributed by atoms with E-state index in [0.717, 1.165) is 0 Å². The molecule has 7 nitrogen and oxygen atoms in total. The van der Waals surface area contributed by atoms with Gasteiger partial charge in [-0.3, -0.25) is 14.4 Å². The summed E-state index contributed by atoms with van der Waals surface area (Å²) in [5, 5.41) is 0. The minimum absolute atomic E-state index is 0.0506. The molecule has 0 aliphatic carbocycles. The fourth-order valence-corrected chi connectivity index (χ4v) is 1.86. The van der Waals surface area contributed by atoms with Crippen molar-refractivity contribution in [3.63, 3.8) is 0 Å². The van der Waals surface area contributed by atoms with Crippen LogP contribution in [0.2, 0.25) is 0 Å². The number of carbonyl (C=O) groups is 3. The molecule has 2 unspecified atom stereocenters.